The second-order valence-electron chi connectivity index (χ2n) is 17.6. The number of hydrogen-bond donors (Lipinski definition) is 0. The Labute approximate surface area is 328 Å². The summed E-state index contributed by atoms with van der Waals surface area (Å²) in [6, 6.07) is 64.9. The average Bonchev–Trinajstić information content (AvgIpc) is 3.56. The monoisotopic (exact) mass is 714 g/mol. The van der Waals surface area contributed by atoms with Gasteiger partial charge in [-0.25, -0.2) is 0 Å². The van der Waals surface area contributed by atoms with Crippen molar-refractivity contribution in [3.8, 4) is 44.5 Å². The highest BCUT2D eigenvalue weighted by atomic mass is 14.6. The highest BCUT2D eigenvalue weighted by Crippen LogP contribution is 2.71. The van der Waals surface area contributed by atoms with Gasteiger partial charge in [0.05, 0.1) is 0 Å². The predicted molar refractivity (Wildman–Crippen MR) is 236 cm³/mol. The fraction of sp³-hybridized carbons (Fsp3) is 0.179. The van der Waals surface area contributed by atoms with Gasteiger partial charge in [-0.3, -0.25) is 0 Å². The first-order chi connectivity index (χ1) is 27.7. The molecule has 0 nitrogen and oxygen atoms in total. The molecule has 4 fully saturated rings. The molecule has 9 aromatic carbocycles. The van der Waals surface area contributed by atoms with E-state index in [9.17, 15) is 0 Å². The Bertz CT molecular complexity index is 3000. The highest BCUT2D eigenvalue weighted by molar-refractivity contribution is 6.23. The fourth-order valence-corrected chi connectivity index (χ4v) is 13.2. The van der Waals surface area contributed by atoms with E-state index in [1.807, 2.05) is 0 Å². The zero-order valence-corrected chi connectivity index (χ0v) is 31.5. The first-order valence-corrected chi connectivity index (χ1v) is 20.9. The van der Waals surface area contributed by atoms with E-state index in [1.165, 1.54) is 120 Å². The molecule has 0 amide bonds. The Morgan fingerprint density at radius 1 is 0.339 bits per heavy atom. The molecule has 0 heterocycles. The lowest BCUT2D eigenvalue weighted by molar-refractivity contribution is -0.0393. The summed E-state index contributed by atoms with van der Waals surface area (Å²) in [5, 5.41) is 10.7. The molecule has 5 aliphatic rings. The van der Waals surface area contributed by atoms with Gasteiger partial charge in [0.2, 0.25) is 0 Å². The normalized spacial score (nSPS) is 23.1. The Balaban J connectivity index is 1.05. The van der Waals surface area contributed by atoms with E-state index in [-0.39, 0.29) is 5.41 Å². The minimum atomic E-state index is 0.0906. The maximum absolute atomic E-state index is 2.56. The predicted octanol–water partition coefficient (Wildman–Crippen LogP) is 15.0. The van der Waals surface area contributed by atoms with Gasteiger partial charge in [0.15, 0.2) is 0 Å². The van der Waals surface area contributed by atoms with Crippen LogP contribution < -0.4 is 0 Å². The zero-order chi connectivity index (χ0) is 36.5. The van der Waals surface area contributed by atoms with E-state index in [4.69, 9.17) is 0 Å². The van der Waals surface area contributed by atoms with Gasteiger partial charge >= 0.3 is 0 Å². The number of fused-ring (bicyclic) bond motifs is 8. The Morgan fingerprint density at radius 3 is 1.55 bits per heavy atom. The quantitative estimate of drug-likeness (QED) is 0.160. The minimum absolute atomic E-state index is 0.0906. The summed E-state index contributed by atoms with van der Waals surface area (Å²) >= 11 is 0. The molecule has 0 radical (unpaired) electrons. The van der Waals surface area contributed by atoms with Crippen molar-refractivity contribution < 1.29 is 0 Å². The molecule has 4 bridgehead atoms. The zero-order valence-electron chi connectivity index (χ0n) is 31.5. The van der Waals surface area contributed by atoms with Crippen LogP contribution in [-0.4, -0.2) is 0 Å². The number of benzene rings is 9. The molecule has 4 saturated carbocycles. The maximum Gasteiger partial charge on any atom is 0.0278 e. The molecule has 56 heavy (non-hydrogen) atoms. The molecule has 14 rings (SSSR count). The smallest absolute Gasteiger partial charge is 0.0278 e. The Hall–Kier alpha value is -5.98. The molecule has 0 aliphatic heterocycles. The van der Waals surface area contributed by atoms with E-state index >= 15 is 0 Å². The van der Waals surface area contributed by atoms with Gasteiger partial charge in [0.1, 0.15) is 0 Å². The summed E-state index contributed by atoms with van der Waals surface area (Å²) < 4.78 is 0. The molecule has 0 unspecified atom stereocenters. The van der Waals surface area contributed by atoms with Crippen molar-refractivity contribution in [2.75, 3.05) is 0 Å². The molecule has 0 aromatic heterocycles. The van der Waals surface area contributed by atoms with Gasteiger partial charge in [-0.05, 0) is 161 Å². The van der Waals surface area contributed by atoms with Crippen LogP contribution in [0.25, 0.3) is 87.6 Å². The van der Waals surface area contributed by atoms with Gasteiger partial charge in [0, 0.05) is 5.41 Å². The molecule has 0 N–H and O–H groups in total. The Morgan fingerprint density at radius 2 is 0.875 bits per heavy atom. The van der Waals surface area contributed by atoms with E-state index in [1.54, 1.807) is 11.1 Å². The number of hydrogen-bond acceptors (Lipinski definition) is 0. The molecular weight excluding hydrogens is 673 g/mol. The third kappa shape index (κ3) is 4.15. The lowest BCUT2D eigenvalue weighted by Gasteiger charge is -2.61. The summed E-state index contributed by atoms with van der Waals surface area (Å²) in [5.41, 5.74) is 14.2. The van der Waals surface area contributed by atoms with Gasteiger partial charge in [-0.1, -0.05) is 164 Å². The van der Waals surface area contributed by atoms with Gasteiger partial charge < -0.3 is 0 Å². The highest BCUT2D eigenvalue weighted by Gasteiger charge is 2.62. The van der Waals surface area contributed by atoms with Gasteiger partial charge in [0.25, 0.3) is 0 Å². The minimum Gasteiger partial charge on any atom is -0.0616 e. The standard InChI is InChI=1S/C56H42/c1-2-12-40-33-41(25-22-36(40)10-1)37-20-23-39(24-21-37)52-45-14-5-7-16-47(45)53(48-17-8-6-15-46(48)52)49-18-9-19-51-54(49)50-27-26-38-11-3-4-13-44(38)55(50)56(51)42-29-34-28-35(31-42)32-43(56)30-34/h1-27,33-35,42-43H,28-32H2. The molecule has 0 atom stereocenters. The van der Waals surface area contributed by atoms with Crippen LogP contribution in [0.3, 0.4) is 0 Å². The molecule has 1 spiro atoms. The fourth-order valence-electron chi connectivity index (χ4n) is 13.2. The Kier molecular flexibility index (Phi) is 6.43. The lowest BCUT2D eigenvalue weighted by atomic mass is 9.43. The van der Waals surface area contributed by atoms with Crippen molar-refractivity contribution in [3.05, 3.63) is 181 Å². The molecular formula is C56H42. The summed E-state index contributed by atoms with van der Waals surface area (Å²) in [4.78, 5) is 0. The van der Waals surface area contributed by atoms with E-state index in [0.29, 0.717) is 11.8 Å². The van der Waals surface area contributed by atoms with Crippen LogP contribution in [-0.2, 0) is 5.41 Å². The molecule has 9 aromatic rings. The van der Waals surface area contributed by atoms with Crippen LogP contribution in [0.2, 0.25) is 0 Å². The number of rotatable bonds is 3. The maximum atomic E-state index is 2.56. The first-order valence-electron chi connectivity index (χ1n) is 20.9. The second kappa shape index (κ2) is 11.5. The topological polar surface area (TPSA) is 0 Å². The van der Waals surface area contributed by atoms with Crippen LogP contribution in [0.15, 0.2) is 170 Å². The second-order valence-corrected chi connectivity index (χ2v) is 17.6. The van der Waals surface area contributed by atoms with Crippen molar-refractivity contribution in [3.63, 3.8) is 0 Å². The summed E-state index contributed by atoms with van der Waals surface area (Å²) in [7, 11) is 0. The third-order valence-electron chi connectivity index (χ3n) is 15.0. The van der Waals surface area contributed by atoms with Crippen molar-refractivity contribution >= 4 is 43.1 Å². The van der Waals surface area contributed by atoms with Crippen molar-refractivity contribution in [1.82, 2.24) is 0 Å². The molecule has 266 valence electrons. The lowest BCUT2D eigenvalue weighted by Crippen LogP contribution is -2.55. The van der Waals surface area contributed by atoms with Crippen molar-refractivity contribution in [1.29, 1.82) is 0 Å². The van der Waals surface area contributed by atoms with E-state index < -0.39 is 0 Å². The molecule has 5 aliphatic carbocycles. The summed E-state index contributed by atoms with van der Waals surface area (Å²) in [6.07, 6.45) is 7.02. The molecule has 0 heteroatoms. The average molecular weight is 715 g/mol. The SMILES string of the molecule is c1cc(-c2c3ccccc3c(-c3ccc(-c4ccc5ccccc5c4)cc3)c3ccccc23)c2c(c1)C1(c3c-2ccc2ccccc32)C2CC3CC(C2)CC1C3. The van der Waals surface area contributed by atoms with Crippen LogP contribution in [0.5, 0.6) is 0 Å². The molecule has 0 saturated heterocycles. The van der Waals surface area contributed by atoms with Crippen LogP contribution >= 0.6 is 0 Å². The summed E-state index contributed by atoms with van der Waals surface area (Å²) in [6.45, 7) is 0. The van der Waals surface area contributed by atoms with Crippen molar-refractivity contribution in [2.24, 2.45) is 23.7 Å². The van der Waals surface area contributed by atoms with Gasteiger partial charge in [-0.2, -0.15) is 0 Å². The van der Waals surface area contributed by atoms with E-state index in [2.05, 4.69) is 170 Å². The van der Waals surface area contributed by atoms with Crippen molar-refractivity contribution in [2.45, 2.75) is 37.5 Å². The summed E-state index contributed by atoms with van der Waals surface area (Å²) in [5.74, 6) is 3.26. The van der Waals surface area contributed by atoms with E-state index in [0.717, 1.165) is 11.8 Å². The largest absolute Gasteiger partial charge is 0.0616 e. The van der Waals surface area contributed by atoms with Crippen LogP contribution in [0, 0.1) is 23.7 Å². The third-order valence-corrected chi connectivity index (χ3v) is 15.0. The van der Waals surface area contributed by atoms with Gasteiger partial charge in [-0.15, -0.1) is 0 Å². The first kappa shape index (κ1) is 31.2. The van der Waals surface area contributed by atoms with Crippen LogP contribution in [0.4, 0.5) is 0 Å². The van der Waals surface area contributed by atoms with Crippen LogP contribution in [0.1, 0.15) is 43.2 Å².